The van der Waals surface area contributed by atoms with Gasteiger partial charge in [0, 0.05) is 11.3 Å². The summed E-state index contributed by atoms with van der Waals surface area (Å²) in [4.78, 5) is 1.34. The van der Waals surface area contributed by atoms with E-state index in [9.17, 15) is 0 Å². The molecule has 0 aliphatic carbocycles. The number of fused-ring (bicyclic) bond motifs is 1. The Morgan fingerprint density at radius 3 is 2.90 bits per heavy atom. The van der Waals surface area contributed by atoms with E-state index in [0.29, 0.717) is 0 Å². The molecule has 0 amide bonds. The third kappa shape index (κ3) is 2.65. The summed E-state index contributed by atoms with van der Waals surface area (Å²) in [5.41, 5.74) is 2.61. The number of ether oxygens (including phenoxy) is 1. The highest BCUT2D eigenvalue weighted by atomic mass is 79.9. The van der Waals surface area contributed by atoms with Gasteiger partial charge in [0.1, 0.15) is 11.9 Å². The first-order chi connectivity index (χ1) is 9.69. The minimum absolute atomic E-state index is 0.178. The maximum Gasteiger partial charge on any atom is 0.123 e. The molecule has 1 aliphatic heterocycles. The van der Waals surface area contributed by atoms with Gasteiger partial charge in [0.15, 0.2) is 0 Å². The molecule has 1 aliphatic rings. The summed E-state index contributed by atoms with van der Waals surface area (Å²) in [6.07, 6.45) is 1.15. The van der Waals surface area contributed by atoms with Crippen molar-refractivity contribution >= 4 is 27.3 Å². The molecular formula is C16H18BrNOS. The van der Waals surface area contributed by atoms with Crippen LogP contribution < -0.4 is 10.1 Å². The number of nitrogens with one attached hydrogen (secondary N) is 1. The molecule has 20 heavy (non-hydrogen) atoms. The van der Waals surface area contributed by atoms with Gasteiger partial charge in [-0.2, -0.15) is 0 Å². The Morgan fingerprint density at radius 1 is 1.45 bits per heavy atom. The molecular weight excluding hydrogens is 334 g/mol. The van der Waals surface area contributed by atoms with E-state index in [4.69, 9.17) is 4.74 Å². The molecule has 0 saturated carbocycles. The van der Waals surface area contributed by atoms with Crippen LogP contribution in [0.1, 0.15) is 29.0 Å². The Kier molecular flexibility index (Phi) is 4.15. The fraction of sp³-hybridized carbons (Fsp3) is 0.375. The van der Waals surface area contributed by atoms with Gasteiger partial charge < -0.3 is 10.1 Å². The lowest BCUT2D eigenvalue weighted by Gasteiger charge is -2.23. The highest BCUT2D eigenvalue weighted by molar-refractivity contribution is 9.11. The summed E-state index contributed by atoms with van der Waals surface area (Å²) in [5, 5.41) is 3.58. The average Bonchev–Trinajstić information content (AvgIpc) is 3.00. The van der Waals surface area contributed by atoms with E-state index in [1.807, 2.05) is 6.07 Å². The predicted molar refractivity (Wildman–Crippen MR) is 87.7 cm³/mol. The van der Waals surface area contributed by atoms with Gasteiger partial charge in [0.05, 0.1) is 9.83 Å². The van der Waals surface area contributed by atoms with Crippen molar-refractivity contribution in [1.29, 1.82) is 0 Å². The minimum Gasteiger partial charge on any atom is -0.488 e. The topological polar surface area (TPSA) is 21.3 Å². The molecule has 0 radical (unpaired) electrons. The van der Waals surface area contributed by atoms with Gasteiger partial charge in [0.2, 0.25) is 0 Å². The minimum atomic E-state index is 0.178. The van der Waals surface area contributed by atoms with Crippen molar-refractivity contribution in [1.82, 2.24) is 5.32 Å². The molecule has 0 bridgehead atoms. The zero-order valence-electron chi connectivity index (χ0n) is 11.7. The van der Waals surface area contributed by atoms with Crippen molar-refractivity contribution in [3.05, 3.63) is 50.1 Å². The summed E-state index contributed by atoms with van der Waals surface area (Å²) in [6, 6.07) is 10.9. The number of para-hydroxylation sites is 1. The van der Waals surface area contributed by atoms with E-state index in [2.05, 4.69) is 59.4 Å². The number of aryl methyl sites for hydroxylation is 1. The van der Waals surface area contributed by atoms with Crippen molar-refractivity contribution in [3.8, 4) is 5.75 Å². The number of hydrogen-bond acceptors (Lipinski definition) is 3. The molecule has 0 fully saturated rings. The highest BCUT2D eigenvalue weighted by Crippen LogP contribution is 2.38. The number of hydrogen-bond donors (Lipinski definition) is 1. The molecule has 1 aromatic carbocycles. The van der Waals surface area contributed by atoms with Gasteiger partial charge in [-0.05, 0) is 52.7 Å². The van der Waals surface area contributed by atoms with E-state index in [1.165, 1.54) is 19.8 Å². The van der Waals surface area contributed by atoms with Crippen molar-refractivity contribution in [3.63, 3.8) is 0 Å². The lowest BCUT2D eigenvalue weighted by Crippen LogP contribution is -2.34. The Hall–Kier alpha value is -0.840. The molecule has 2 aromatic rings. The molecule has 2 atom stereocenters. The van der Waals surface area contributed by atoms with E-state index in [0.717, 1.165) is 18.7 Å². The first-order valence-corrected chi connectivity index (χ1v) is 8.53. The Bertz CT molecular complexity index is 566. The zero-order chi connectivity index (χ0) is 14.1. The van der Waals surface area contributed by atoms with Crippen molar-refractivity contribution in [2.24, 2.45) is 0 Å². The van der Waals surface area contributed by atoms with Crippen LogP contribution in [-0.2, 0) is 6.42 Å². The van der Waals surface area contributed by atoms with Crippen molar-refractivity contribution < 1.29 is 4.74 Å². The van der Waals surface area contributed by atoms with Crippen LogP contribution in [-0.4, -0.2) is 12.6 Å². The first-order valence-electron chi connectivity index (χ1n) is 6.92. The van der Waals surface area contributed by atoms with Crippen molar-refractivity contribution in [2.75, 3.05) is 6.54 Å². The molecule has 106 valence electrons. The highest BCUT2D eigenvalue weighted by Gasteiger charge is 2.31. The van der Waals surface area contributed by atoms with Crippen LogP contribution >= 0.6 is 27.3 Å². The normalized spacial score (nSPS) is 18.6. The van der Waals surface area contributed by atoms with Crippen LogP contribution in [0.5, 0.6) is 5.75 Å². The fourth-order valence-corrected chi connectivity index (χ4v) is 4.37. The van der Waals surface area contributed by atoms with Gasteiger partial charge >= 0.3 is 0 Å². The molecule has 2 heterocycles. The second-order valence-corrected chi connectivity index (χ2v) is 7.51. The lowest BCUT2D eigenvalue weighted by molar-refractivity contribution is 0.181. The third-order valence-electron chi connectivity index (χ3n) is 3.65. The van der Waals surface area contributed by atoms with E-state index in [1.54, 1.807) is 11.3 Å². The van der Waals surface area contributed by atoms with Crippen LogP contribution in [0.4, 0.5) is 0 Å². The van der Waals surface area contributed by atoms with E-state index >= 15 is 0 Å². The largest absolute Gasteiger partial charge is 0.488 e. The van der Waals surface area contributed by atoms with Crippen LogP contribution in [0.3, 0.4) is 0 Å². The van der Waals surface area contributed by atoms with Crippen molar-refractivity contribution in [2.45, 2.75) is 32.4 Å². The molecule has 2 nitrogen and oxygen atoms in total. The molecule has 3 rings (SSSR count). The smallest absolute Gasteiger partial charge is 0.123 e. The van der Waals surface area contributed by atoms with Gasteiger partial charge in [0.25, 0.3) is 0 Å². The first kappa shape index (κ1) is 14.1. The average molecular weight is 352 g/mol. The maximum absolute atomic E-state index is 6.15. The molecule has 0 saturated heterocycles. The fourth-order valence-electron chi connectivity index (χ4n) is 2.67. The zero-order valence-corrected chi connectivity index (χ0v) is 14.1. The number of thiophene rings is 1. The summed E-state index contributed by atoms with van der Waals surface area (Å²) >= 11 is 5.42. The van der Waals surface area contributed by atoms with E-state index in [-0.39, 0.29) is 12.1 Å². The molecule has 1 N–H and O–H groups in total. The van der Waals surface area contributed by atoms with Crippen LogP contribution in [0.2, 0.25) is 0 Å². The number of likely N-dealkylation sites (N-methyl/N-ethyl adjacent to an activating group) is 1. The molecule has 1 aromatic heterocycles. The Morgan fingerprint density at radius 2 is 2.25 bits per heavy atom. The van der Waals surface area contributed by atoms with Gasteiger partial charge in [-0.15, -0.1) is 11.3 Å². The molecule has 0 spiro atoms. The predicted octanol–water partition coefficient (Wildman–Crippen LogP) is 4.47. The SMILES string of the molecule is CCNC(c1cc(C)c(Br)s1)C1Cc2ccccc2O1. The van der Waals surface area contributed by atoms with Crippen LogP contribution in [0.15, 0.2) is 34.1 Å². The van der Waals surface area contributed by atoms with Crippen LogP contribution in [0.25, 0.3) is 0 Å². The standard InChI is InChI=1S/C16H18BrNOS/c1-3-18-15(14-8-10(2)16(17)20-14)13-9-11-6-4-5-7-12(11)19-13/h4-8,13,15,18H,3,9H2,1-2H3. The van der Waals surface area contributed by atoms with Gasteiger partial charge in [-0.25, -0.2) is 0 Å². The summed E-state index contributed by atoms with van der Waals surface area (Å²) in [7, 11) is 0. The number of halogens is 1. The number of benzene rings is 1. The Labute approximate surface area is 132 Å². The third-order valence-corrected chi connectivity index (χ3v) is 5.87. The summed E-state index contributed by atoms with van der Waals surface area (Å²) in [5.74, 6) is 1.03. The molecule has 4 heteroatoms. The quantitative estimate of drug-likeness (QED) is 0.876. The molecule has 2 unspecified atom stereocenters. The second kappa shape index (κ2) is 5.88. The lowest BCUT2D eigenvalue weighted by atomic mass is 10.0. The Balaban J connectivity index is 1.86. The summed E-state index contributed by atoms with van der Waals surface area (Å²) in [6.45, 7) is 5.22. The second-order valence-electron chi connectivity index (χ2n) is 5.11. The van der Waals surface area contributed by atoms with Gasteiger partial charge in [-0.1, -0.05) is 25.1 Å². The van der Waals surface area contributed by atoms with Crippen LogP contribution in [0, 0.1) is 6.92 Å². The monoisotopic (exact) mass is 351 g/mol. The van der Waals surface area contributed by atoms with Gasteiger partial charge in [-0.3, -0.25) is 0 Å². The summed E-state index contributed by atoms with van der Waals surface area (Å²) < 4.78 is 7.37. The van der Waals surface area contributed by atoms with E-state index < -0.39 is 0 Å². The maximum atomic E-state index is 6.15. The number of rotatable bonds is 4.